The maximum Gasteiger partial charge on any atom is 0.155 e. The van der Waals surface area contributed by atoms with Crippen molar-refractivity contribution >= 4 is 16.8 Å². The minimum absolute atomic E-state index is 0.271. The van der Waals surface area contributed by atoms with Crippen LogP contribution in [0.3, 0.4) is 0 Å². The smallest absolute Gasteiger partial charge is 0.155 e. The molecule has 1 aliphatic rings. The highest BCUT2D eigenvalue weighted by Gasteiger charge is 2.21. The van der Waals surface area contributed by atoms with Crippen LogP contribution in [0.2, 0.25) is 0 Å². The third-order valence-electron chi connectivity index (χ3n) is 4.62. The van der Waals surface area contributed by atoms with E-state index in [-0.39, 0.29) is 5.92 Å². The summed E-state index contributed by atoms with van der Waals surface area (Å²) in [6.45, 7) is 4.68. The lowest BCUT2D eigenvalue weighted by molar-refractivity contribution is -0.124. The first-order chi connectivity index (χ1) is 9.65. The van der Waals surface area contributed by atoms with E-state index in [9.17, 15) is 4.79 Å². The molecule has 1 heterocycles. The number of fused-ring (bicyclic) bond motifs is 1. The normalized spacial score (nSPS) is 16.7. The van der Waals surface area contributed by atoms with Gasteiger partial charge in [0.15, 0.2) is 5.78 Å². The number of rotatable bonds is 3. The molecular weight excluding hydrogens is 248 g/mol. The largest absolute Gasteiger partial charge is 0.323 e. The van der Waals surface area contributed by atoms with Crippen molar-refractivity contribution in [2.24, 2.45) is 5.92 Å². The van der Waals surface area contributed by atoms with E-state index >= 15 is 0 Å². The van der Waals surface area contributed by atoms with E-state index in [4.69, 9.17) is 0 Å². The SMILES string of the molecule is Cc1cc2ncn(CC(=O)C3CCCCC3)c2cc1C. The predicted octanol–water partition coefficient (Wildman–Crippen LogP) is 3.80. The molecule has 1 aromatic carbocycles. The van der Waals surface area contributed by atoms with Gasteiger partial charge < -0.3 is 4.57 Å². The molecule has 20 heavy (non-hydrogen) atoms. The van der Waals surface area contributed by atoms with Gasteiger partial charge in [-0.25, -0.2) is 4.98 Å². The molecule has 0 unspecified atom stereocenters. The summed E-state index contributed by atoms with van der Waals surface area (Å²) >= 11 is 0. The molecule has 0 spiro atoms. The zero-order valence-electron chi connectivity index (χ0n) is 12.4. The molecule has 0 bridgehead atoms. The van der Waals surface area contributed by atoms with Crippen molar-refractivity contribution < 1.29 is 4.79 Å². The molecule has 0 radical (unpaired) electrons. The average Bonchev–Trinajstić information content (AvgIpc) is 2.83. The molecule has 0 aliphatic heterocycles. The van der Waals surface area contributed by atoms with Gasteiger partial charge in [-0.3, -0.25) is 4.79 Å². The quantitative estimate of drug-likeness (QED) is 0.850. The first-order valence-electron chi connectivity index (χ1n) is 7.60. The first-order valence-corrected chi connectivity index (χ1v) is 7.60. The second-order valence-corrected chi connectivity index (χ2v) is 6.10. The molecule has 106 valence electrons. The number of carbonyl (C=O) groups excluding carboxylic acids is 1. The summed E-state index contributed by atoms with van der Waals surface area (Å²) in [5, 5.41) is 0. The van der Waals surface area contributed by atoms with E-state index in [0.717, 1.165) is 23.9 Å². The Morgan fingerprint density at radius 1 is 1.20 bits per heavy atom. The molecule has 0 amide bonds. The first kappa shape index (κ1) is 13.3. The van der Waals surface area contributed by atoms with Gasteiger partial charge in [0.1, 0.15) is 0 Å². The lowest BCUT2D eigenvalue weighted by atomic mass is 9.86. The van der Waals surface area contributed by atoms with Crippen LogP contribution < -0.4 is 0 Å². The molecule has 0 N–H and O–H groups in total. The van der Waals surface area contributed by atoms with E-state index in [1.165, 1.54) is 30.4 Å². The van der Waals surface area contributed by atoms with E-state index in [1.807, 2.05) is 10.9 Å². The number of aromatic nitrogens is 2. The zero-order valence-corrected chi connectivity index (χ0v) is 12.4. The standard InChI is InChI=1S/C17H22N2O/c1-12-8-15-16(9-13(12)2)19(11-18-15)10-17(20)14-6-4-3-5-7-14/h8-9,11,14H,3-7,10H2,1-2H3. The third-order valence-corrected chi connectivity index (χ3v) is 4.62. The Hall–Kier alpha value is -1.64. The Bertz CT molecular complexity index is 636. The Balaban J connectivity index is 1.83. The summed E-state index contributed by atoms with van der Waals surface area (Å²) < 4.78 is 2.01. The minimum Gasteiger partial charge on any atom is -0.323 e. The number of carbonyl (C=O) groups is 1. The maximum absolute atomic E-state index is 12.4. The van der Waals surface area contributed by atoms with Crippen molar-refractivity contribution in [2.45, 2.75) is 52.5 Å². The third kappa shape index (κ3) is 2.49. The predicted molar refractivity (Wildman–Crippen MR) is 80.8 cm³/mol. The van der Waals surface area contributed by atoms with Gasteiger partial charge in [0, 0.05) is 5.92 Å². The number of hydrogen-bond acceptors (Lipinski definition) is 2. The molecule has 3 nitrogen and oxygen atoms in total. The minimum atomic E-state index is 0.271. The molecular formula is C17H22N2O. The van der Waals surface area contributed by atoms with Crippen LogP contribution in [-0.4, -0.2) is 15.3 Å². The van der Waals surface area contributed by atoms with Gasteiger partial charge in [-0.05, 0) is 49.9 Å². The number of nitrogens with zero attached hydrogens (tertiary/aromatic N) is 2. The molecule has 1 fully saturated rings. The molecule has 0 atom stereocenters. The number of ketones is 1. The molecule has 3 rings (SSSR count). The van der Waals surface area contributed by atoms with Gasteiger partial charge in [0.05, 0.1) is 23.9 Å². The molecule has 0 saturated heterocycles. The lowest BCUT2D eigenvalue weighted by Crippen LogP contribution is -2.22. The van der Waals surface area contributed by atoms with Crippen LogP contribution in [0.4, 0.5) is 0 Å². The summed E-state index contributed by atoms with van der Waals surface area (Å²) in [5.41, 5.74) is 4.58. The summed E-state index contributed by atoms with van der Waals surface area (Å²) in [6, 6.07) is 4.25. The summed E-state index contributed by atoms with van der Waals surface area (Å²) in [5.74, 6) is 0.648. The monoisotopic (exact) mass is 270 g/mol. The molecule has 3 heteroatoms. The van der Waals surface area contributed by atoms with Crippen LogP contribution in [0.5, 0.6) is 0 Å². The van der Waals surface area contributed by atoms with Crippen molar-refractivity contribution in [3.8, 4) is 0 Å². The topological polar surface area (TPSA) is 34.9 Å². The Kier molecular flexibility index (Phi) is 3.60. The van der Waals surface area contributed by atoms with Crippen LogP contribution in [0, 0.1) is 19.8 Å². The van der Waals surface area contributed by atoms with E-state index in [1.54, 1.807) is 0 Å². The van der Waals surface area contributed by atoms with Gasteiger partial charge in [0.25, 0.3) is 0 Å². The lowest BCUT2D eigenvalue weighted by Gasteiger charge is -2.20. The Morgan fingerprint density at radius 3 is 2.65 bits per heavy atom. The average molecular weight is 270 g/mol. The highest BCUT2D eigenvalue weighted by atomic mass is 16.1. The van der Waals surface area contributed by atoms with Crippen LogP contribution >= 0.6 is 0 Å². The highest BCUT2D eigenvalue weighted by Crippen LogP contribution is 2.25. The summed E-state index contributed by atoms with van der Waals surface area (Å²) in [6.07, 6.45) is 7.66. The fourth-order valence-electron chi connectivity index (χ4n) is 3.16. The maximum atomic E-state index is 12.4. The van der Waals surface area contributed by atoms with Crippen LogP contribution in [0.25, 0.3) is 11.0 Å². The number of imidazole rings is 1. The van der Waals surface area contributed by atoms with Crippen LogP contribution in [0.1, 0.15) is 43.2 Å². The van der Waals surface area contributed by atoms with Crippen molar-refractivity contribution in [1.82, 2.24) is 9.55 Å². The van der Waals surface area contributed by atoms with E-state index in [2.05, 4.69) is 31.0 Å². The number of aryl methyl sites for hydroxylation is 2. The molecule has 2 aromatic rings. The van der Waals surface area contributed by atoms with E-state index < -0.39 is 0 Å². The Labute approximate surface area is 120 Å². The molecule has 1 aliphatic carbocycles. The van der Waals surface area contributed by atoms with Crippen LogP contribution in [0.15, 0.2) is 18.5 Å². The number of Topliss-reactive ketones (excluding diaryl/α,β-unsaturated/α-hetero) is 1. The van der Waals surface area contributed by atoms with Crippen molar-refractivity contribution in [2.75, 3.05) is 0 Å². The number of benzene rings is 1. The fraction of sp³-hybridized carbons (Fsp3) is 0.529. The molecule has 1 aromatic heterocycles. The van der Waals surface area contributed by atoms with Gasteiger partial charge >= 0.3 is 0 Å². The summed E-state index contributed by atoms with van der Waals surface area (Å²) in [4.78, 5) is 16.8. The highest BCUT2D eigenvalue weighted by molar-refractivity contribution is 5.84. The summed E-state index contributed by atoms with van der Waals surface area (Å²) in [7, 11) is 0. The van der Waals surface area contributed by atoms with Gasteiger partial charge in [-0.2, -0.15) is 0 Å². The van der Waals surface area contributed by atoms with Crippen LogP contribution in [-0.2, 0) is 11.3 Å². The van der Waals surface area contributed by atoms with Crippen molar-refractivity contribution in [1.29, 1.82) is 0 Å². The van der Waals surface area contributed by atoms with E-state index in [0.29, 0.717) is 12.3 Å². The van der Waals surface area contributed by atoms with Crippen molar-refractivity contribution in [3.63, 3.8) is 0 Å². The van der Waals surface area contributed by atoms with Gasteiger partial charge in [-0.1, -0.05) is 19.3 Å². The zero-order chi connectivity index (χ0) is 14.1. The van der Waals surface area contributed by atoms with Gasteiger partial charge in [0.2, 0.25) is 0 Å². The number of hydrogen-bond donors (Lipinski definition) is 0. The fourth-order valence-corrected chi connectivity index (χ4v) is 3.16. The second-order valence-electron chi connectivity index (χ2n) is 6.10. The van der Waals surface area contributed by atoms with Gasteiger partial charge in [-0.15, -0.1) is 0 Å². The second kappa shape index (κ2) is 5.39. The van der Waals surface area contributed by atoms with Crippen molar-refractivity contribution in [3.05, 3.63) is 29.6 Å². The Morgan fingerprint density at radius 2 is 1.90 bits per heavy atom. The molecule has 1 saturated carbocycles.